The Morgan fingerprint density at radius 1 is 1.14 bits per heavy atom. The maximum Gasteiger partial charge on any atom is 0.171 e. The summed E-state index contributed by atoms with van der Waals surface area (Å²) in [7, 11) is 1.65. The highest BCUT2D eigenvalue weighted by molar-refractivity contribution is 6.02. The van der Waals surface area contributed by atoms with Crippen LogP contribution in [0.2, 0.25) is 0 Å². The van der Waals surface area contributed by atoms with Crippen LogP contribution in [-0.2, 0) is 4.84 Å². The Hall–Kier alpha value is -3.68. The molecule has 1 aromatic heterocycles. The van der Waals surface area contributed by atoms with E-state index in [1.807, 2.05) is 35.9 Å². The molecule has 3 aromatic rings. The van der Waals surface area contributed by atoms with E-state index >= 15 is 0 Å². The van der Waals surface area contributed by atoms with Gasteiger partial charge in [0.25, 0.3) is 0 Å². The van der Waals surface area contributed by atoms with Gasteiger partial charge < -0.3 is 19.0 Å². The quantitative estimate of drug-likeness (QED) is 0.456. The van der Waals surface area contributed by atoms with Crippen LogP contribution in [0.15, 0.2) is 59.7 Å². The molecule has 2 aliphatic heterocycles. The molecular formula is C27H30F2N4O2. The molecule has 2 aliphatic rings. The van der Waals surface area contributed by atoms with E-state index in [-0.39, 0.29) is 13.5 Å². The Morgan fingerprint density at radius 2 is 2.00 bits per heavy atom. The van der Waals surface area contributed by atoms with Crippen LogP contribution in [0.4, 0.5) is 8.78 Å². The number of imidazole rings is 1. The van der Waals surface area contributed by atoms with E-state index in [1.54, 1.807) is 19.5 Å². The van der Waals surface area contributed by atoms with Gasteiger partial charge in [-0.1, -0.05) is 24.7 Å². The van der Waals surface area contributed by atoms with Gasteiger partial charge in [-0.3, -0.25) is 0 Å². The van der Waals surface area contributed by atoms with Crippen molar-refractivity contribution in [2.45, 2.75) is 39.7 Å². The van der Waals surface area contributed by atoms with Crippen molar-refractivity contribution in [2.75, 3.05) is 20.3 Å². The third-order valence-electron chi connectivity index (χ3n) is 6.28. The largest absolute Gasteiger partial charge is 0.495 e. The van der Waals surface area contributed by atoms with Crippen LogP contribution in [0.25, 0.3) is 11.8 Å². The number of halogens is 2. The fourth-order valence-electron chi connectivity index (χ4n) is 4.64. The number of fused-ring (bicyclic) bond motifs is 1. The highest BCUT2D eigenvalue weighted by Crippen LogP contribution is 2.35. The van der Waals surface area contributed by atoms with Gasteiger partial charge in [0.05, 0.1) is 30.9 Å². The number of rotatable bonds is 4. The molecule has 0 saturated carbocycles. The minimum absolute atomic E-state index is 0. The number of ether oxygens (including phenoxy) is 1. The smallest absolute Gasteiger partial charge is 0.171 e. The summed E-state index contributed by atoms with van der Waals surface area (Å²) in [5.74, 6) is -0.205. The van der Waals surface area contributed by atoms with Gasteiger partial charge in [-0.05, 0) is 66.8 Å². The van der Waals surface area contributed by atoms with Crippen LogP contribution in [0.5, 0.6) is 5.75 Å². The van der Waals surface area contributed by atoms with E-state index in [0.717, 1.165) is 59.1 Å². The number of hydrogen-bond acceptors (Lipinski definition) is 5. The predicted molar refractivity (Wildman–Crippen MR) is 133 cm³/mol. The fourth-order valence-corrected chi connectivity index (χ4v) is 4.64. The van der Waals surface area contributed by atoms with E-state index in [0.29, 0.717) is 13.0 Å². The summed E-state index contributed by atoms with van der Waals surface area (Å²) in [6.45, 7) is 3.12. The first-order valence-corrected chi connectivity index (χ1v) is 11.3. The lowest BCUT2D eigenvalue weighted by atomic mass is 9.95. The predicted octanol–water partition coefficient (Wildman–Crippen LogP) is 6.06. The molecule has 2 aromatic carbocycles. The first kappa shape index (κ1) is 24.4. The van der Waals surface area contributed by atoms with E-state index in [4.69, 9.17) is 9.57 Å². The number of hydrogen-bond donors (Lipinski definition) is 0. The van der Waals surface area contributed by atoms with Crippen LogP contribution in [0.3, 0.4) is 0 Å². The Balaban J connectivity index is 0.00000289. The molecule has 35 heavy (non-hydrogen) atoms. The third-order valence-corrected chi connectivity index (χ3v) is 6.28. The standard InChI is InChI=1S/C26H26F2N4O2.CH4/c1-17-15-31(16-29-17)24-8-5-18(13-25(24)33-2)12-20-4-3-10-32-23(9-11-34-30-26(20)32)19-6-7-21(27)22(28)14-19;/h5-8,12-16,23H,3-4,9-11H2,1-2H3;1H4/b20-12+;. The molecule has 0 amide bonds. The van der Waals surface area contributed by atoms with Crippen molar-refractivity contribution in [3.63, 3.8) is 0 Å². The number of amidine groups is 1. The van der Waals surface area contributed by atoms with Gasteiger partial charge in [0.1, 0.15) is 12.4 Å². The lowest BCUT2D eigenvalue weighted by Crippen LogP contribution is -2.39. The molecule has 0 N–H and O–H groups in total. The summed E-state index contributed by atoms with van der Waals surface area (Å²) in [6.07, 6.45) is 8.21. The summed E-state index contributed by atoms with van der Waals surface area (Å²) in [5, 5.41) is 4.41. The lowest BCUT2D eigenvalue weighted by Gasteiger charge is -2.36. The molecule has 0 spiro atoms. The van der Waals surface area contributed by atoms with Crippen molar-refractivity contribution < 1.29 is 18.4 Å². The normalized spacial score (nSPS) is 18.7. The summed E-state index contributed by atoms with van der Waals surface area (Å²) in [5.41, 5.74) is 4.57. The Morgan fingerprint density at radius 3 is 2.74 bits per heavy atom. The molecule has 1 fully saturated rings. The monoisotopic (exact) mass is 480 g/mol. The van der Waals surface area contributed by atoms with Gasteiger partial charge in [-0.25, -0.2) is 13.8 Å². The molecule has 3 heterocycles. The topological polar surface area (TPSA) is 51.9 Å². The molecule has 1 unspecified atom stereocenters. The highest BCUT2D eigenvalue weighted by atomic mass is 19.2. The average molecular weight is 481 g/mol. The second-order valence-electron chi connectivity index (χ2n) is 8.55. The number of oxime groups is 1. The number of benzene rings is 2. The lowest BCUT2D eigenvalue weighted by molar-refractivity contribution is 0.140. The fraction of sp³-hybridized carbons (Fsp3) is 0.333. The minimum atomic E-state index is -0.843. The molecule has 0 radical (unpaired) electrons. The summed E-state index contributed by atoms with van der Waals surface area (Å²) < 4.78 is 35.1. The van der Waals surface area contributed by atoms with Crippen molar-refractivity contribution in [3.05, 3.63) is 83.0 Å². The molecule has 1 saturated heterocycles. The van der Waals surface area contributed by atoms with Crippen LogP contribution in [-0.4, -0.2) is 40.5 Å². The van der Waals surface area contributed by atoms with Crippen LogP contribution >= 0.6 is 0 Å². The number of methoxy groups -OCH3 is 1. The second-order valence-corrected chi connectivity index (χ2v) is 8.55. The van der Waals surface area contributed by atoms with Gasteiger partial charge in [0, 0.05) is 19.2 Å². The molecule has 0 aliphatic carbocycles. The van der Waals surface area contributed by atoms with E-state index in [9.17, 15) is 8.78 Å². The number of aromatic nitrogens is 2. The van der Waals surface area contributed by atoms with Crippen molar-refractivity contribution in [3.8, 4) is 11.4 Å². The minimum Gasteiger partial charge on any atom is -0.495 e. The number of piperidine rings is 1. The Bertz CT molecular complexity index is 1270. The summed E-state index contributed by atoms with van der Waals surface area (Å²) >= 11 is 0. The van der Waals surface area contributed by atoms with Crippen molar-refractivity contribution in [1.82, 2.24) is 14.5 Å². The SMILES string of the molecule is C.COc1cc(/C=C2\CCCN3C2=NOCCC3c2ccc(F)c(F)c2)ccc1-n1cnc(C)c1. The summed E-state index contributed by atoms with van der Waals surface area (Å²) in [4.78, 5) is 12.0. The maximum atomic E-state index is 14.0. The maximum absolute atomic E-state index is 14.0. The molecule has 1 atom stereocenters. The van der Waals surface area contributed by atoms with Crippen LogP contribution in [0.1, 0.15) is 49.6 Å². The Labute approximate surface area is 204 Å². The van der Waals surface area contributed by atoms with Gasteiger partial charge in [0.2, 0.25) is 0 Å². The highest BCUT2D eigenvalue weighted by Gasteiger charge is 2.31. The zero-order chi connectivity index (χ0) is 23.7. The third kappa shape index (κ3) is 4.92. The van der Waals surface area contributed by atoms with Crippen molar-refractivity contribution >= 4 is 11.9 Å². The van der Waals surface area contributed by atoms with Crippen molar-refractivity contribution in [2.24, 2.45) is 5.16 Å². The van der Waals surface area contributed by atoms with Crippen LogP contribution in [0, 0.1) is 18.6 Å². The molecule has 6 nitrogen and oxygen atoms in total. The molecular weight excluding hydrogens is 450 g/mol. The van der Waals surface area contributed by atoms with Crippen LogP contribution < -0.4 is 4.74 Å². The second kappa shape index (κ2) is 10.3. The first-order chi connectivity index (χ1) is 16.5. The zero-order valence-corrected chi connectivity index (χ0v) is 19.2. The van der Waals surface area contributed by atoms with Gasteiger partial charge >= 0.3 is 0 Å². The first-order valence-electron chi connectivity index (χ1n) is 11.3. The van der Waals surface area contributed by atoms with Gasteiger partial charge in [0.15, 0.2) is 17.5 Å². The molecule has 8 heteroatoms. The zero-order valence-electron chi connectivity index (χ0n) is 19.2. The molecule has 184 valence electrons. The van der Waals surface area contributed by atoms with Gasteiger partial charge in [-0.15, -0.1) is 0 Å². The molecule has 0 bridgehead atoms. The van der Waals surface area contributed by atoms with E-state index in [2.05, 4.69) is 21.1 Å². The number of aryl methyl sites for hydroxylation is 1. The average Bonchev–Trinajstić information content (AvgIpc) is 3.15. The van der Waals surface area contributed by atoms with E-state index < -0.39 is 11.6 Å². The summed E-state index contributed by atoms with van der Waals surface area (Å²) in [6, 6.07) is 9.99. The molecule has 5 rings (SSSR count). The number of nitrogens with zero attached hydrogens (tertiary/aromatic N) is 4. The van der Waals surface area contributed by atoms with E-state index in [1.165, 1.54) is 12.1 Å². The Kier molecular flexibility index (Phi) is 7.19. The van der Waals surface area contributed by atoms with Crippen molar-refractivity contribution in [1.29, 1.82) is 0 Å². The van der Waals surface area contributed by atoms with Gasteiger partial charge in [-0.2, -0.15) is 0 Å².